The first-order valence-electron chi connectivity index (χ1n) is 7.62. The van der Waals surface area contributed by atoms with Crippen LogP contribution < -0.4 is 10.1 Å². The van der Waals surface area contributed by atoms with Gasteiger partial charge in [-0.25, -0.2) is 0 Å². The van der Waals surface area contributed by atoms with Gasteiger partial charge in [-0.15, -0.1) is 0 Å². The van der Waals surface area contributed by atoms with Crippen molar-refractivity contribution in [1.29, 1.82) is 0 Å². The highest BCUT2D eigenvalue weighted by Gasteiger charge is 2.15. The zero-order valence-corrected chi connectivity index (χ0v) is 12.6. The third-order valence-corrected chi connectivity index (χ3v) is 4.04. The van der Waals surface area contributed by atoms with Gasteiger partial charge in [-0.1, -0.05) is 37.8 Å². The number of hydrogen-bond acceptors (Lipinski definition) is 2. The Labute approximate surface area is 121 Å². The molecule has 1 saturated carbocycles. The molecule has 0 saturated heterocycles. The number of rotatable bonds is 4. The average Bonchev–Trinajstić information content (AvgIpc) is 2.67. The maximum Gasteiger partial charge on any atom is 0.224 e. The molecule has 2 rings (SSSR count). The molecule has 1 aliphatic carbocycles. The van der Waals surface area contributed by atoms with E-state index >= 15 is 0 Å². The molecule has 3 nitrogen and oxygen atoms in total. The minimum atomic E-state index is 0.140. The van der Waals surface area contributed by atoms with E-state index in [0.29, 0.717) is 12.5 Å². The van der Waals surface area contributed by atoms with Gasteiger partial charge in [0.25, 0.3) is 0 Å². The Morgan fingerprint density at radius 2 is 1.95 bits per heavy atom. The zero-order valence-electron chi connectivity index (χ0n) is 12.6. The maximum atomic E-state index is 12.1. The normalized spacial score (nSPS) is 16.5. The third-order valence-electron chi connectivity index (χ3n) is 4.04. The lowest BCUT2D eigenvalue weighted by Crippen LogP contribution is -2.35. The maximum absolute atomic E-state index is 12.1. The molecule has 1 aliphatic rings. The quantitative estimate of drug-likeness (QED) is 0.855. The van der Waals surface area contributed by atoms with E-state index in [-0.39, 0.29) is 5.91 Å². The fourth-order valence-electron chi connectivity index (χ4n) is 2.94. The number of methoxy groups -OCH3 is 1. The SMILES string of the molecule is COc1ccc(CC(=O)NC2CCCCCC2)cc1C. The fraction of sp³-hybridized carbons (Fsp3) is 0.588. The van der Waals surface area contributed by atoms with E-state index in [4.69, 9.17) is 4.74 Å². The van der Waals surface area contributed by atoms with Crippen LogP contribution in [0.4, 0.5) is 0 Å². The van der Waals surface area contributed by atoms with E-state index in [2.05, 4.69) is 5.32 Å². The van der Waals surface area contributed by atoms with E-state index in [1.165, 1.54) is 25.7 Å². The van der Waals surface area contributed by atoms with Crippen molar-refractivity contribution in [3.63, 3.8) is 0 Å². The molecule has 1 amide bonds. The molecular weight excluding hydrogens is 250 g/mol. The summed E-state index contributed by atoms with van der Waals surface area (Å²) in [7, 11) is 1.67. The van der Waals surface area contributed by atoms with Gasteiger partial charge in [-0.05, 0) is 37.0 Å². The molecular formula is C17H25NO2. The second-order valence-electron chi connectivity index (χ2n) is 5.74. The van der Waals surface area contributed by atoms with Crippen molar-refractivity contribution in [2.24, 2.45) is 0 Å². The summed E-state index contributed by atoms with van der Waals surface area (Å²) in [6.45, 7) is 2.01. The van der Waals surface area contributed by atoms with Crippen molar-refractivity contribution >= 4 is 5.91 Å². The van der Waals surface area contributed by atoms with E-state index in [0.717, 1.165) is 29.7 Å². The van der Waals surface area contributed by atoms with Crippen LogP contribution in [0.1, 0.15) is 49.7 Å². The molecule has 0 aliphatic heterocycles. The smallest absolute Gasteiger partial charge is 0.224 e. The number of nitrogens with one attached hydrogen (secondary N) is 1. The Balaban J connectivity index is 1.88. The number of ether oxygens (including phenoxy) is 1. The Morgan fingerprint density at radius 1 is 1.25 bits per heavy atom. The molecule has 1 aromatic rings. The van der Waals surface area contributed by atoms with Crippen molar-refractivity contribution in [2.75, 3.05) is 7.11 Å². The summed E-state index contributed by atoms with van der Waals surface area (Å²) >= 11 is 0. The van der Waals surface area contributed by atoms with Gasteiger partial charge in [0.1, 0.15) is 5.75 Å². The van der Waals surface area contributed by atoms with Gasteiger partial charge >= 0.3 is 0 Å². The Morgan fingerprint density at radius 3 is 2.55 bits per heavy atom. The summed E-state index contributed by atoms with van der Waals surface area (Å²) in [4.78, 5) is 12.1. The molecule has 1 fully saturated rings. The van der Waals surface area contributed by atoms with Crippen LogP contribution in [0.2, 0.25) is 0 Å². The first-order valence-corrected chi connectivity index (χ1v) is 7.62. The molecule has 1 aromatic carbocycles. The number of benzene rings is 1. The predicted octanol–water partition coefficient (Wildman–Crippen LogP) is 3.39. The predicted molar refractivity (Wildman–Crippen MR) is 81.1 cm³/mol. The van der Waals surface area contributed by atoms with Crippen molar-refractivity contribution < 1.29 is 9.53 Å². The van der Waals surface area contributed by atoms with Crippen LogP contribution in [0.5, 0.6) is 5.75 Å². The first kappa shape index (κ1) is 14.9. The Kier molecular flexibility index (Phi) is 5.45. The van der Waals surface area contributed by atoms with E-state index in [9.17, 15) is 4.79 Å². The number of hydrogen-bond donors (Lipinski definition) is 1. The second kappa shape index (κ2) is 7.32. The monoisotopic (exact) mass is 275 g/mol. The molecule has 0 heterocycles. The molecule has 110 valence electrons. The number of carbonyl (C=O) groups is 1. The Bertz CT molecular complexity index is 448. The van der Waals surface area contributed by atoms with Crippen LogP contribution in [0.3, 0.4) is 0 Å². The van der Waals surface area contributed by atoms with Gasteiger partial charge < -0.3 is 10.1 Å². The van der Waals surface area contributed by atoms with Gasteiger partial charge in [-0.3, -0.25) is 4.79 Å². The van der Waals surface area contributed by atoms with Gasteiger partial charge in [0, 0.05) is 6.04 Å². The van der Waals surface area contributed by atoms with E-state index in [1.807, 2.05) is 25.1 Å². The lowest BCUT2D eigenvalue weighted by atomic mass is 10.1. The van der Waals surface area contributed by atoms with Gasteiger partial charge in [-0.2, -0.15) is 0 Å². The second-order valence-corrected chi connectivity index (χ2v) is 5.74. The summed E-state index contributed by atoms with van der Waals surface area (Å²) in [5, 5.41) is 3.19. The molecule has 0 radical (unpaired) electrons. The highest BCUT2D eigenvalue weighted by atomic mass is 16.5. The lowest BCUT2D eigenvalue weighted by Gasteiger charge is -2.16. The van der Waals surface area contributed by atoms with E-state index in [1.54, 1.807) is 7.11 Å². The first-order chi connectivity index (χ1) is 9.69. The molecule has 0 atom stereocenters. The van der Waals surface area contributed by atoms with Crippen LogP contribution in [0.15, 0.2) is 18.2 Å². The summed E-state index contributed by atoms with van der Waals surface area (Å²) in [6, 6.07) is 6.32. The van der Waals surface area contributed by atoms with Crippen LogP contribution in [0.25, 0.3) is 0 Å². The van der Waals surface area contributed by atoms with E-state index < -0.39 is 0 Å². The summed E-state index contributed by atoms with van der Waals surface area (Å²) in [5.74, 6) is 1.01. The fourth-order valence-corrected chi connectivity index (χ4v) is 2.94. The lowest BCUT2D eigenvalue weighted by molar-refractivity contribution is -0.121. The molecule has 0 aromatic heterocycles. The summed E-state index contributed by atoms with van der Waals surface area (Å²) in [6.07, 6.45) is 7.83. The third kappa shape index (κ3) is 4.26. The van der Waals surface area contributed by atoms with Crippen LogP contribution in [-0.4, -0.2) is 19.1 Å². The topological polar surface area (TPSA) is 38.3 Å². The number of carbonyl (C=O) groups excluding carboxylic acids is 1. The molecule has 0 bridgehead atoms. The van der Waals surface area contributed by atoms with Crippen LogP contribution in [0, 0.1) is 6.92 Å². The summed E-state index contributed by atoms with van der Waals surface area (Å²) < 4.78 is 5.24. The van der Waals surface area contributed by atoms with Crippen molar-refractivity contribution in [1.82, 2.24) is 5.32 Å². The highest BCUT2D eigenvalue weighted by Crippen LogP contribution is 2.20. The number of amides is 1. The zero-order chi connectivity index (χ0) is 14.4. The average molecular weight is 275 g/mol. The molecule has 0 spiro atoms. The van der Waals surface area contributed by atoms with Gasteiger partial charge in [0.05, 0.1) is 13.5 Å². The van der Waals surface area contributed by atoms with Crippen LogP contribution in [-0.2, 0) is 11.2 Å². The van der Waals surface area contributed by atoms with Gasteiger partial charge in [0.15, 0.2) is 0 Å². The van der Waals surface area contributed by atoms with Crippen molar-refractivity contribution in [3.05, 3.63) is 29.3 Å². The Hall–Kier alpha value is -1.51. The van der Waals surface area contributed by atoms with Crippen LogP contribution >= 0.6 is 0 Å². The minimum Gasteiger partial charge on any atom is -0.496 e. The van der Waals surface area contributed by atoms with Gasteiger partial charge in [0.2, 0.25) is 5.91 Å². The largest absolute Gasteiger partial charge is 0.496 e. The standard InChI is InChI=1S/C17H25NO2/c1-13-11-14(9-10-16(13)20-2)12-17(19)18-15-7-5-3-4-6-8-15/h9-11,15H,3-8,12H2,1-2H3,(H,18,19). The molecule has 3 heteroatoms. The number of aryl methyl sites for hydroxylation is 1. The highest BCUT2D eigenvalue weighted by molar-refractivity contribution is 5.79. The minimum absolute atomic E-state index is 0.140. The molecule has 0 unspecified atom stereocenters. The van der Waals surface area contributed by atoms with Crippen molar-refractivity contribution in [2.45, 2.75) is 57.9 Å². The summed E-state index contributed by atoms with van der Waals surface area (Å²) in [5.41, 5.74) is 2.13. The molecule has 1 N–H and O–H groups in total. The van der Waals surface area contributed by atoms with Crippen molar-refractivity contribution in [3.8, 4) is 5.75 Å². The molecule has 20 heavy (non-hydrogen) atoms.